The molecule has 0 heterocycles. The van der Waals surface area contributed by atoms with E-state index in [9.17, 15) is 0 Å². The van der Waals surface area contributed by atoms with Gasteiger partial charge in [-0.25, -0.2) is 0 Å². The van der Waals surface area contributed by atoms with Crippen LogP contribution in [0.25, 0.3) is 0 Å². The van der Waals surface area contributed by atoms with Gasteiger partial charge >= 0.3 is 0 Å². The minimum Gasteiger partial charge on any atom is -0.103 e. The van der Waals surface area contributed by atoms with Gasteiger partial charge in [0.15, 0.2) is 0 Å². The molecule has 0 N–H and O–H groups in total. The van der Waals surface area contributed by atoms with Crippen LogP contribution in [0.3, 0.4) is 0 Å². The lowest BCUT2D eigenvalue weighted by atomic mass is 10.0. The van der Waals surface area contributed by atoms with E-state index in [1.807, 2.05) is 0 Å². The van der Waals surface area contributed by atoms with Crippen molar-refractivity contribution in [1.29, 1.82) is 0 Å². The van der Waals surface area contributed by atoms with Gasteiger partial charge in [-0.3, -0.25) is 0 Å². The molecule has 2 radical (unpaired) electrons. The van der Waals surface area contributed by atoms with Crippen LogP contribution < -0.4 is 0 Å². The van der Waals surface area contributed by atoms with E-state index >= 15 is 0 Å². The van der Waals surface area contributed by atoms with E-state index in [-0.39, 0.29) is 0 Å². The first-order valence-electron chi connectivity index (χ1n) is 14.0. The van der Waals surface area contributed by atoms with E-state index in [0.717, 1.165) is 25.7 Å². The van der Waals surface area contributed by atoms with Crippen LogP contribution in [0, 0.1) is 25.7 Å². The van der Waals surface area contributed by atoms with Gasteiger partial charge in [0.25, 0.3) is 0 Å². The molecule has 0 fully saturated rings. The number of rotatable bonds is 24. The van der Waals surface area contributed by atoms with Crippen molar-refractivity contribution in [2.75, 3.05) is 0 Å². The maximum absolute atomic E-state index is 3.91. The second-order valence-electron chi connectivity index (χ2n) is 9.34. The molecule has 0 atom stereocenters. The molecule has 0 aromatic heterocycles. The van der Waals surface area contributed by atoms with Crippen molar-refractivity contribution in [3.8, 4) is 11.8 Å². The molecule has 0 saturated heterocycles. The molecular weight excluding hydrogens is 360 g/mol. The molecule has 0 rings (SSSR count). The Bertz CT molecular complexity index is 345. The summed E-state index contributed by atoms with van der Waals surface area (Å²) in [7, 11) is 0. The van der Waals surface area contributed by atoms with E-state index in [1.54, 1.807) is 0 Å². The van der Waals surface area contributed by atoms with Crippen LogP contribution in [0.15, 0.2) is 0 Å². The molecule has 0 aromatic rings. The molecule has 30 heavy (non-hydrogen) atoms. The van der Waals surface area contributed by atoms with Gasteiger partial charge in [0.2, 0.25) is 0 Å². The first-order valence-corrected chi connectivity index (χ1v) is 14.0. The lowest BCUT2D eigenvalue weighted by molar-refractivity contribution is 0.534. The molecule has 0 bridgehead atoms. The SMILES string of the molecule is [CH2]CCCCCCCCCCC#CCCCCCCCCCCCCCCCC[CH2]. The Kier molecular flexibility index (Phi) is 28.1. The first kappa shape index (κ1) is 29.6. The Morgan fingerprint density at radius 1 is 0.267 bits per heavy atom. The van der Waals surface area contributed by atoms with E-state index in [2.05, 4.69) is 25.7 Å². The highest BCUT2D eigenvalue weighted by molar-refractivity contribution is 4.98. The highest BCUT2D eigenvalue weighted by Crippen LogP contribution is 2.14. The third-order valence-corrected chi connectivity index (χ3v) is 6.23. The van der Waals surface area contributed by atoms with Gasteiger partial charge < -0.3 is 0 Å². The zero-order valence-electron chi connectivity index (χ0n) is 20.8. The number of unbranched alkanes of at least 4 members (excludes halogenated alkanes) is 24. The summed E-state index contributed by atoms with van der Waals surface area (Å²) in [6.07, 6.45) is 35.4. The average molecular weight is 417 g/mol. The third kappa shape index (κ3) is 27.6. The minimum atomic E-state index is 1.11. The van der Waals surface area contributed by atoms with Crippen molar-refractivity contribution >= 4 is 0 Å². The molecule has 0 aliphatic heterocycles. The van der Waals surface area contributed by atoms with Crippen LogP contribution in [-0.2, 0) is 0 Å². The standard InChI is InChI=1S/C30H56/c1-3-5-7-9-11-13-15-17-19-21-23-25-27-29-30-28-26-24-22-20-18-16-14-12-10-8-6-4-2/h1-23,25,27-30H2. The molecule has 0 aromatic carbocycles. The molecule has 0 saturated carbocycles. The fraction of sp³-hybridized carbons (Fsp3) is 0.867. The molecule has 0 unspecified atom stereocenters. The summed E-state index contributed by atoms with van der Waals surface area (Å²) in [5, 5.41) is 0. The van der Waals surface area contributed by atoms with Gasteiger partial charge in [0.05, 0.1) is 0 Å². The zero-order valence-corrected chi connectivity index (χ0v) is 20.8. The maximum Gasteiger partial charge on any atom is 0.00886 e. The Labute approximate surface area is 192 Å². The van der Waals surface area contributed by atoms with Crippen LogP contribution in [0.4, 0.5) is 0 Å². The summed E-state index contributed by atoms with van der Waals surface area (Å²) >= 11 is 0. The molecule has 0 aliphatic rings. The monoisotopic (exact) mass is 416 g/mol. The lowest BCUT2D eigenvalue weighted by Crippen LogP contribution is -1.83. The topological polar surface area (TPSA) is 0 Å². The van der Waals surface area contributed by atoms with Crippen LogP contribution in [0.2, 0.25) is 0 Å². The molecule has 0 heteroatoms. The summed E-state index contributed by atoms with van der Waals surface area (Å²) in [6, 6.07) is 0. The summed E-state index contributed by atoms with van der Waals surface area (Å²) in [6.45, 7) is 7.81. The molecule has 176 valence electrons. The maximum atomic E-state index is 3.91. The van der Waals surface area contributed by atoms with E-state index in [1.165, 1.54) is 141 Å². The van der Waals surface area contributed by atoms with Gasteiger partial charge in [0, 0.05) is 12.8 Å². The molecule has 0 aliphatic carbocycles. The second kappa shape index (κ2) is 28.6. The fourth-order valence-corrected chi connectivity index (χ4v) is 4.14. The van der Waals surface area contributed by atoms with E-state index < -0.39 is 0 Å². The zero-order chi connectivity index (χ0) is 21.8. The molecule has 0 spiro atoms. The van der Waals surface area contributed by atoms with Gasteiger partial charge in [-0.2, -0.15) is 0 Å². The van der Waals surface area contributed by atoms with E-state index in [4.69, 9.17) is 0 Å². The first-order chi connectivity index (χ1) is 14.9. The third-order valence-electron chi connectivity index (χ3n) is 6.23. The summed E-state index contributed by atoms with van der Waals surface area (Å²) in [5.41, 5.74) is 0. The normalized spacial score (nSPS) is 10.9. The minimum absolute atomic E-state index is 1.11. The Balaban J connectivity index is 3.08. The Hall–Kier alpha value is -0.440. The number of hydrogen-bond donors (Lipinski definition) is 0. The van der Waals surface area contributed by atoms with Gasteiger partial charge in [-0.15, -0.1) is 11.8 Å². The summed E-state index contributed by atoms with van der Waals surface area (Å²) < 4.78 is 0. The van der Waals surface area contributed by atoms with E-state index in [0.29, 0.717) is 0 Å². The molecular formula is C30H56. The second-order valence-corrected chi connectivity index (χ2v) is 9.34. The van der Waals surface area contributed by atoms with Crippen molar-refractivity contribution in [1.82, 2.24) is 0 Å². The van der Waals surface area contributed by atoms with Crippen molar-refractivity contribution in [2.45, 2.75) is 167 Å². The highest BCUT2D eigenvalue weighted by Gasteiger charge is 1.94. The molecule has 0 amide bonds. The van der Waals surface area contributed by atoms with Crippen LogP contribution in [0.5, 0.6) is 0 Å². The summed E-state index contributed by atoms with van der Waals surface area (Å²) in [4.78, 5) is 0. The summed E-state index contributed by atoms with van der Waals surface area (Å²) in [5.74, 6) is 6.79. The fourth-order valence-electron chi connectivity index (χ4n) is 4.14. The van der Waals surface area contributed by atoms with Crippen LogP contribution in [-0.4, -0.2) is 0 Å². The van der Waals surface area contributed by atoms with Crippen molar-refractivity contribution in [2.24, 2.45) is 0 Å². The Morgan fingerprint density at radius 2 is 0.467 bits per heavy atom. The highest BCUT2D eigenvalue weighted by atomic mass is 14.0. The van der Waals surface area contributed by atoms with Crippen LogP contribution in [0.1, 0.15) is 167 Å². The quantitative estimate of drug-likeness (QED) is 0.108. The largest absolute Gasteiger partial charge is 0.103 e. The van der Waals surface area contributed by atoms with Gasteiger partial charge in [-0.05, 0) is 12.8 Å². The Morgan fingerprint density at radius 3 is 0.700 bits per heavy atom. The van der Waals surface area contributed by atoms with Crippen LogP contribution >= 0.6 is 0 Å². The predicted molar refractivity (Wildman–Crippen MR) is 139 cm³/mol. The van der Waals surface area contributed by atoms with Gasteiger partial charge in [-0.1, -0.05) is 155 Å². The number of hydrogen-bond acceptors (Lipinski definition) is 0. The van der Waals surface area contributed by atoms with Gasteiger partial charge in [0.1, 0.15) is 0 Å². The van der Waals surface area contributed by atoms with Crippen molar-refractivity contribution in [3.05, 3.63) is 13.8 Å². The van der Waals surface area contributed by atoms with Crippen molar-refractivity contribution < 1.29 is 0 Å². The average Bonchev–Trinajstić information content (AvgIpc) is 2.76. The lowest BCUT2D eigenvalue weighted by Gasteiger charge is -2.03. The predicted octanol–water partition coefficient (Wildman–Crippen LogP) is 10.8. The van der Waals surface area contributed by atoms with Crippen molar-refractivity contribution in [3.63, 3.8) is 0 Å². The molecule has 0 nitrogen and oxygen atoms in total. The smallest absolute Gasteiger partial charge is 0.00886 e.